The number of carbonyl (C=O) groups excluding carboxylic acids is 1. The first-order valence-corrected chi connectivity index (χ1v) is 8.25. The number of amides is 2. The fourth-order valence-electron chi connectivity index (χ4n) is 3.55. The van der Waals surface area contributed by atoms with Crippen molar-refractivity contribution in [2.75, 3.05) is 13.1 Å². The Balaban J connectivity index is 1.79. The van der Waals surface area contributed by atoms with E-state index in [-0.39, 0.29) is 12.1 Å². The fourth-order valence-corrected chi connectivity index (χ4v) is 3.55. The van der Waals surface area contributed by atoms with Crippen molar-refractivity contribution in [1.82, 2.24) is 10.2 Å². The second kappa shape index (κ2) is 7.14. The number of nitrogens with zero attached hydrogens (tertiary/aromatic N) is 1. The predicted molar refractivity (Wildman–Crippen MR) is 81.0 cm³/mol. The summed E-state index contributed by atoms with van der Waals surface area (Å²) >= 11 is 0. The highest BCUT2D eigenvalue weighted by Gasteiger charge is 2.32. The number of carboxylic acid groups (broad SMARTS) is 1. The van der Waals surface area contributed by atoms with Crippen molar-refractivity contribution in [2.45, 2.75) is 58.4 Å². The zero-order valence-electron chi connectivity index (χ0n) is 13.2. The first-order valence-electron chi connectivity index (χ1n) is 8.25. The van der Waals surface area contributed by atoms with Gasteiger partial charge in [-0.2, -0.15) is 0 Å². The molecule has 1 saturated carbocycles. The molecule has 0 bridgehead atoms. The van der Waals surface area contributed by atoms with Gasteiger partial charge in [0.05, 0.1) is 5.92 Å². The summed E-state index contributed by atoms with van der Waals surface area (Å²) in [6.45, 7) is 5.46. The van der Waals surface area contributed by atoms with Crippen LogP contribution in [0.3, 0.4) is 0 Å². The highest BCUT2D eigenvalue weighted by molar-refractivity contribution is 5.77. The Morgan fingerprint density at radius 3 is 2.52 bits per heavy atom. The minimum Gasteiger partial charge on any atom is -0.481 e. The van der Waals surface area contributed by atoms with Gasteiger partial charge in [-0.25, -0.2) is 4.79 Å². The lowest BCUT2D eigenvalue weighted by Gasteiger charge is -2.22. The van der Waals surface area contributed by atoms with Gasteiger partial charge in [-0.15, -0.1) is 0 Å². The largest absolute Gasteiger partial charge is 0.481 e. The van der Waals surface area contributed by atoms with E-state index in [0.29, 0.717) is 25.4 Å². The summed E-state index contributed by atoms with van der Waals surface area (Å²) in [5.74, 6) is 0.305. The topological polar surface area (TPSA) is 69.6 Å². The Bertz CT molecular complexity index is 384. The maximum atomic E-state index is 12.2. The van der Waals surface area contributed by atoms with E-state index in [1.807, 2.05) is 0 Å². The molecular weight excluding hydrogens is 268 g/mol. The molecule has 1 aliphatic heterocycles. The van der Waals surface area contributed by atoms with Crippen LogP contribution in [0.1, 0.15) is 52.4 Å². The zero-order valence-corrected chi connectivity index (χ0v) is 13.2. The lowest BCUT2D eigenvalue weighted by Crippen LogP contribution is -2.44. The van der Waals surface area contributed by atoms with Crippen LogP contribution in [0.25, 0.3) is 0 Å². The van der Waals surface area contributed by atoms with E-state index >= 15 is 0 Å². The standard InChI is InChI=1S/C16H28N2O3/c1-11(2)12-4-3-5-14(7-6-12)17-16(21)18-9-8-13(10-18)15(19)20/h11-14H,3-10H2,1-2H3,(H,17,21)(H,19,20). The minimum atomic E-state index is -0.792. The third kappa shape index (κ3) is 4.35. The molecule has 3 atom stereocenters. The quantitative estimate of drug-likeness (QED) is 0.787. The third-order valence-corrected chi connectivity index (χ3v) is 5.11. The smallest absolute Gasteiger partial charge is 0.317 e. The van der Waals surface area contributed by atoms with Crippen LogP contribution < -0.4 is 5.32 Å². The molecule has 0 radical (unpaired) electrons. The molecule has 5 heteroatoms. The number of hydrogen-bond acceptors (Lipinski definition) is 2. The Labute approximate surface area is 127 Å². The molecule has 1 heterocycles. The summed E-state index contributed by atoms with van der Waals surface area (Å²) in [6.07, 6.45) is 6.28. The molecule has 0 aromatic heterocycles. The first-order chi connectivity index (χ1) is 9.97. The Morgan fingerprint density at radius 1 is 1.14 bits per heavy atom. The van der Waals surface area contributed by atoms with E-state index in [2.05, 4.69) is 19.2 Å². The van der Waals surface area contributed by atoms with Gasteiger partial charge in [-0.3, -0.25) is 4.79 Å². The second-order valence-corrected chi connectivity index (χ2v) is 6.93. The Morgan fingerprint density at radius 2 is 1.90 bits per heavy atom. The number of urea groups is 1. The van der Waals surface area contributed by atoms with E-state index in [9.17, 15) is 9.59 Å². The molecule has 2 amide bonds. The molecule has 2 fully saturated rings. The van der Waals surface area contributed by atoms with Crippen molar-refractivity contribution in [3.63, 3.8) is 0 Å². The van der Waals surface area contributed by atoms with Crippen LogP contribution in [0, 0.1) is 17.8 Å². The average Bonchev–Trinajstić information content (AvgIpc) is 2.81. The van der Waals surface area contributed by atoms with E-state index in [4.69, 9.17) is 5.11 Å². The van der Waals surface area contributed by atoms with E-state index in [1.54, 1.807) is 4.90 Å². The van der Waals surface area contributed by atoms with Crippen molar-refractivity contribution in [2.24, 2.45) is 17.8 Å². The Kier molecular flexibility index (Phi) is 5.48. The monoisotopic (exact) mass is 296 g/mol. The number of rotatable bonds is 3. The summed E-state index contributed by atoms with van der Waals surface area (Å²) in [6, 6.07) is 0.178. The van der Waals surface area contributed by atoms with Crippen molar-refractivity contribution >= 4 is 12.0 Å². The SMILES string of the molecule is CC(C)C1CCCC(NC(=O)N2CCC(C(=O)O)C2)CC1. The molecule has 0 aromatic rings. The number of carbonyl (C=O) groups is 2. The van der Waals surface area contributed by atoms with Crippen LogP contribution in [0.4, 0.5) is 4.79 Å². The molecule has 21 heavy (non-hydrogen) atoms. The van der Waals surface area contributed by atoms with Gasteiger partial charge in [0.15, 0.2) is 0 Å². The lowest BCUT2D eigenvalue weighted by molar-refractivity contribution is -0.141. The minimum absolute atomic E-state index is 0.0771. The summed E-state index contributed by atoms with van der Waals surface area (Å²) in [5.41, 5.74) is 0. The van der Waals surface area contributed by atoms with E-state index in [1.165, 1.54) is 19.3 Å². The van der Waals surface area contributed by atoms with Crippen LogP contribution in [-0.2, 0) is 4.79 Å². The number of likely N-dealkylation sites (tertiary alicyclic amines) is 1. The summed E-state index contributed by atoms with van der Waals surface area (Å²) in [4.78, 5) is 24.8. The summed E-state index contributed by atoms with van der Waals surface area (Å²) < 4.78 is 0. The molecule has 2 rings (SSSR count). The highest BCUT2D eigenvalue weighted by atomic mass is 16.4. The maximum Gasteiger partial charge on any atom is 0.317 e. The number of nitrogens with one attached hydrogen (secondary N) is 1. The molecule has 1 saturated heterocycles. The molecule has 3 unspecified atom stereocenters. The molecule has 0 aromatic carbocycles. The van der Waals surface area contributed by atoms with Gasteiger partial charge >= 0.3 is 12.0 Å². The van der Waals surface area contributed by atoms with Gasteiger partial charge in [0, 0.05) is 19.1 Å². The highest BCUT2D eigenvalue weighted by Crippen LogP contribution is 2.29. The van der Waals surface area contributed by atoms with Crippen LogP contribution in [0.5, 0.6) is 0 Å². The van der Waals surface area contributed by atoms with Gasteiger partial charge < -0.3 is 15.3 Å². The lowest BCUT2D eigenvalue weighted by atomic mass is 9.89. The average molecular weight is 296 g/mol. The summed E-state index contributed by atoms with van der Waals surface area (Å²) in [7, 11) is 0. The molecule has 5 nitrogen and oxygen atoms in total. The van der Waals surface area contributed by atoms with Crippen molar-refractivity contribution in [3.05, 3.63) is 0 Å². The number of hydrogen-bond donors (Lipinski definition) is 2. The second-order valence-electron chi connectivity index (χ2n) is 6.93. The fraction of sp³-hybridized carbons (Fsp3) is 0.875. The van der Waals surface area contributed by atoms with Gasteiger partial charge in [0.2, 0.25) is 0 Å². The first kappa shape index (κ1) is 16.1. The molecule has 2 aliphatic rings. The maximum absolute atomic E-state index is 12.2. The van der Waals surface area contributed by atoms with Gasteiger partial charge in [-0.1, -0.05) is 26.7 Å². The van der Waals surface area contributed by atoms with Crippen LogP contribution in [0.2, 0.25) is 0 Å². The molecule has 2 N–H and O–H groups in total. The normalized spacial score (nSPS) is 30.2. The Hall–Kier alpha value is -1.26. The zero-order chi connectivity index (χ0) is 15.4. The molecule has 120 valence electrons. The molecule has 1 aliphatic carbocycles. The van der Waals surface area contributed by atoms with Crippen LogP contribution >= 0.6 is 0 Å². The van der Waals surface area contributed by atoms with Crippen molar-refractivity contribution in [3.8, 4) is 0 Å². The van der Waals surface area contributed by atoms with Gasteiger partial charge in [-0.05, 0) is 37.5 Å². The van der Waals surface area contributed by atoms with Gasteiger partial charge in [0.1, 0.15) is 0 Å². The van der Waals surface area contributed by atoms with Crippen molar-refractivity contribution < 1.29 is 14.7 Å². The van der Waals surface area contributed by atoms with Crippen molar-refractivity contribution in [1.29, 1.82) is 0 Å². The third-order valence-electron chi connectivity index (χ3n) is 5.11. The number of aliphatic carboxylic acids is 1. The van der Waals surface area contributed by atoms with E-state index < -0.39 is 11.9 Å². The van der Waals surface area contributed by atoms with Crippen LogP contribution in [-0.4, -0.2) is 41.1 Å². The van der Waals surface area contributed by atoms with E-state index in [0.717, 1.165) is 18.8 Å². The van der Waals surface area contributed by atoms with Crippen LogP contribution in [0.15, 0.2) is 0 Å². The molecule has 0 spiro atoms. The molecular formula is C16H28N2O3. The number of carboxylic acids is 1. The summed E-state index contributed by atoms with van der Waals surface area (Å²) in [5, 5.41) is 12.1. The van der Waals surface area contributed by atoms with Gasteiger partial charge in [0.25, 0.3) is 0 Å². The predicted octanol–water partition coefficient (Wildman–Crippen LogP) is 2.71.